The second-order valence-electron chi connectivity index (χ2n) is 6.94. The largest absolute Gasteiger partial charge is 0.493 e. The van der Waals surface area contributed by atoms with Crippen molar-refractivity contribution in [3.05, 3.63) is 47.5 Å². The number of hydrogen-bond donors (Lipinski definition) is 1. The number of aromatic nitrogens is 2. The molecule has 0 spiro atoms. The monoisotopic (exact) mass is 325 g/mol. The van der Waals surface area contributed by atoms with Gasteiger partial charge in [-0.05, 0) is 56.4 Å². The summed E-state index contributed by atoms with van der Waals surface area (Å²) in [5.74, 6) is 2.68. The molecule has 2 aromatic rings. The molecule has 1 N–H and O–H groups in total. The number of hydrogen-bond acceptors (Lipinski definition) is 3. The van der Waals surface area contributed by atoms with Crippen LogP contribution in [0.15, 0.2) is 30.5 Å². The maximum atomic E-state index is 12.4. The van der Waals surface area contributed by atoms with Crippen LogP contribution in [-0.4, -0.2) is 28.1 Å². The molecule has 1 aromatic heterocycles. The average Bonchev–Trinajstić information content (AvgIpc) is 3.33. The van der Waals surface area contributed by atoms with E-state index in [0.717, 1.165) is 49.2 Å². The number of benzene rings is 1. The Bertz CT molecular complexity index is 732. The van der Waals surface area contributed by atoms with Gasteiger partial charge in [0.1, 0.15) is 11.6 Å². The minimum atomic E-state index is -0.0194. The summed E-state index contributed by atoms with van der Waals surface area (Å²) in [4.78, 5) is 16.9. The number of carbonyl (C=O) groups excluding carboxylic acids is 1. The van der Waals surface area contributed by atoms with Gasteiger partial charge in [0.15, 0.2) is 0 Å². The Hall–Kier alpha value is -2.30. The summed E-state index contributed by atoms with van der Waals surface area (Å²) >= 11 is 0. The second kappa shape index (κ2) is 6.30. The number of nitrogens with one attached hydrogen (secondary N) is 1. The highest BCUT2D eigenvalue weighted by atomic mass is 16.5. The van der Waals surface area contributed by atoms with Crippen molar-refractivity contribution < 1.29 is 9.53 Å². The summed E-state index contributed by atoms with van der Waals surface area (Å²) < 4.78 is 7.87. The summed E-state index contributed by atoms with van der Waals surface area (Å²) in [6.45, 7) is 3.59. The van der Waals surface area contributed by atoms with Gasteiger partial charge in [0.2, 0.25) is 0 Å². The summed E-state index contributed by atoms with van der Waals surface area (Å²) in [6.07, 6.45) is 6.46. The van der Waals surface area contributed by atoms with Crippen LogP contribution in [0.4, 0.5) is 0 Å². The van der Waals surface area contributed by atoms with E-state index in [-0.39, 0.29) is 11.9 Å². The highest BCUT2D eigenvalue weighted by molar-refractivity contribution is 5.94. The molecular formula is C19H23N3O2. The van der Waals surface area contributed by atoms with E-state index >= 15 is 0 Å². The van der Waals surface area contributed by atoms with E-state index in [1.165, 1.54) is 12.8 Å². The van der Waals surface area contributed by atoms with Gasteiger partial charge in [-0.1, -0.05) is 0 Å². The van der Waals surface area contributed by atoms with Gasteiger partial charge >= 0.3 is 0 Å². The zero-order chi connectivity index (χ0) is 16.5. The van der Waals surface area contributed by atoms with Crippen LogP contribution < -0.4 is 10.1 Å². The minimum Gasteiger partial charge on any atom is -0.493 e. The van der Waals surface area contributed by atoms with Crippen molar-refractivity contribution in [3.8, 4) is 5.75 Å². The van der Waals surface area contributed by atoms with Gasteiger partial charge in [-0.2, -0.15) is 0 Å². The van der Waals surface area contributed by atoms with Crippen LogP contribution in [0.1, 0.15) is 41.1 Å². The highest BCUT2D eigenvalue weighted by Gasteiger charge is 2.23. The van der Waals surface area contributed by atoms with E-state index in [0.29, 0.717) is 5.56 Å². The number of fused-ring (bicyclic) bond motifs is 1. The van der Waals surface area contributed by atoms with E-state index in [9.17, 15) is 4.79 Å². The molecule has 0 bridgehead atoms. The van der Waals surface area contributed by atoms with Crippen LogP contribution in [0.2, 0.25) is 0 Å². The van der Waals surface area contributed by atoms with Crippen LogP contribution in [0, 0.1) is 12.8 Å². The lowest BCUT2D eigenvalue weighted by Gasteiger charge is -2.24. The lowest BCUT2D eigenvalue weighted by Crippen LogP contribution is -2.40. The topological polar surface area (TPSA) is 56.2 Å². The van der Waals surface area contributed by atoms with Gasteiger partial charge in [-0.3, -0.25) is 4.79 Å². The van der Waals surface area contributed by atoms with Gasteiger partial charge < -0.3 is 14.6 Å². The molecule has 1 unspecified atom stereocenters. The number of rotatable bonds is 5. The van der Waals surface area contributed by atoms with Gasteiger partial charge in [0, 0.05) is 30.8 Å². The standard InChI is InChI=1S/C19H23N3O2/c1-13-10-22-11-16(6-9-18(22)20-13)21-19(23)15-4-7-17(8-5-15)24-12-14-2-3-14/h4-5,7-8,10,14,16H,2-3,6,9,11-12H2,1H3,(H,21,23). The van der Waals surface area contributed by atoms with Gasteiger partial charge in [0.25, 0.3) is 5.91 Å². The molecule has 1 aromatic carbocycles. The molecule has 1 fully saturated rings. The number of carbonyl (C=O) groups is 1. The summed E-state index contributed by atoms with van der Waals surface area (Å²) in [6, 6.07) is 7.61. The van der Waals surface area contributed by atoms with E-state index in [2.05, 4.69) is 21.1 Å². The molecule has 24 heavy (non-hydrogen) atoms. The smallest absolute Gasteiger partial charge is 0.251 e. The van der Waals surface area contributed by atoms with Crippen LogP contribution >= 0.6 is 0 Å². The molecule has 2 aliphatic rings. The lowest BCUT2D eigenvalue weighted by atomic mass is 10.1. The van der Waals surface area contributed by atoms with Crippen LogP contribution in [0.5, 0.6) is 5.75 Å². The van der Waals surface area contributed by atoms with Gasteiger partial charge in [-0.15, -0.1) is 0 Å². The van der Waals surface area contributed by atoms with Crippen molar-refractivity contribution in [2.24, 2.45) is 5.92 Å². The zero-order valence-corrected chi connectivity index (χ0v) is 14.0. The van der Waals surface area contributed by atoms with Crippen molar-refractivity contribution >= 4 is 5.91 Å². The maximum absolute atomic E-state index is 12.4. The van der Waals surface area contributed by atoms with E-state index < -0.39 is 0 Å². The lowest BCUT2D eigenvalue weighted by molar-refractivity contribution is 0.0927. The van der Waals surface area contributed by atoms with E-state index in [1.54, 1.807) is 0 Å². The van der Waals surface area contributed by atoms with E-state index in [4.69, 9.17) is 4.74 Å². The Morgan fingerprint density at radius 3 is 2.83 bits per heavy atom. The minimum absolute atomic E-state index is 0.0194. The molecule has 0 radical (unpaired) electrons. The van der Waals surface area contributed by atoms with Gasteiger partial charge in [0.05, 0.1) is 12.3 Å². The van der Waals surface area contributed by atoms with Crippen LogP contribution in [0.25, 0.3) is 0 Å². The highest BCUT2D eigenvalue weighted by Crippen LogP contribution is 2.29. The quantitative estimate of drug-likeness (QED) is 0.919. The Labute approximate surface area is 142 Å². The average molecular weight is 325 g/mol. The third kappa shape index (κ3) is 3.45. The second-order valence-corrected chi connectivity index (χ2v) is 6.94. The van der Waals surface area contributed by atoms with Crippen molar-refractivity contribution in [2.45, 2.75) is 45.2 Å². The zero-order valence-electron chi connectivity index (χ0n) is 14.0. The normalized spacial score (nSPS) is 19.6. The number of nitrogens with zero attached hydrogens (tertiary/aromatic N) is 2. The fourth-order valence-corrected chi connectivity index (χ4v) is 3.17. The van der Waals surface area contributed by atoms with Crippen molar-refractivity contribution in [1.82, 2.24) is 14.9 Å². The Morgan fingerprint density at radius 2 is 2.08 bits per heavy atom. The summed E-state index contributed by atoms with van der Waals surface area (Å²) in [7, 11) is 0. The maximum Gasteiger partial charge on any atom is 0.251 e. The van der Waals surface area contributed by atoms with Crippen molar-refractivity contribution in [2.75, 3.05) is 6.61 Å². The van der Waals surface area contributed by atoms with Crippen LogP contribution in [-0.2, 0) is 13.0 Å². The van der Waals surface area contributed by atoms with Gasteiger partial charge in [-0.25, -0.2) is 4.98 Å². The first-order chi connectivity index (χ1) is 11.7. The van der Waals surface area contributed by atoms with Crippen molar-refractivity contribution in [1.29, 1.82) is 0 Å². The molecule has 1 aliphatic carbocycles. The first-order valence-electron chi connectivity index (χ1n) is 8.74. The number of aryl methyl sites for hydroxylation is 2. The number of amides is 1. The molecule has 126 valence electrons. The molecule has 1 saturated carbocycles. The predicted octanol–water partition coefficient (Wildman–Crippen LogP) is 2.73. The van der Waals surface area contributed by atoms with E-state index in [1.807, 2.05) is 31.2 Å². The molecule has 1 amide bonds. The predicted molar refractivity (Wildman–Crippen MR) is 91.2 cm³/mol. The first kappa shape index (κ1) is 15.2. The molecule has 4 rings (SSSR count). The molecule has 5 heteroatoms. The van der Waals surface area contributed by atoms with Crippen molar-refractivity contribution in [3.63, 3.8) is 0 Å². The summed E-state index contributed by atoms with van der Waals surface area (Å²) in [5.41, 5.74) is 1.72. The Balaban J connectivity index is 1.34. The fourth-order valence-electron chi connectivity index (χ4n) is 3.17. The molecule has 0 saturated heterocycles. The fraction of sp³-hybridized carbons (Fsp3) is 0.474. The Kier molecular flexibility index (Phi) is 4.00. The Morgan fingerprint density at radius 1 is 1.29 bits per heavy atom. The number of imidazole rings is 1. The first-order valence-corrected chi connectivity index (χ1v) is 8.74. The van der Waals surface area contributed by atoms with Crippen LogP contribution in [0.3, 0.4) is 0 Å². The molecule has 2 heterocycles. The number of ether oxygens (including phenoxy) is 1. The molecule has 1 atom stereocenters. The molecule has 5 nitrogen and oxygen atoms in total. The molecule has 1 aliphatic heterocycles. The SMILES string of the molecule is Cc1cn2c(n1)CCC(NC(=O)c1ccc(OCC3CC3)cc1)C2. The third-order valence-electron chi connectivity index (χ3n) is 4.75. The summed E-state index contributed by atoms with van der Waals surface area (Å²) in [5, 5.41) is 3.14. The third-order valence-corrected chi connectivity index (χ3v) is 4.75. The molecular weight excluding hydrogens is 302 g/mol.